The van der Waals surface area contributed by atoms with Crippen LogP contribution >= 0.6 is 0 Å². The quantitative estimate of drug-likeness (QED) is 0.788. The van der Waals surface area contributed by atoms with Crippen LogP contribution in [0.3, 0.4) is 0 Å². The van der Waals surface area contributed by atoms with Crippen LogP contribution in [-0.4, -0.2) is 29.7 Å². The van der Waals surface area contributed by atoms with Gasteiger partial charge in [0.25, 0.3) is 0 Å². The molecule has 0 atom stereocenters. The van der Waals surface area contributed by atoms with E-state index in [1.165, 1.54) is 5.56 Å². The molecule has 108 valence electrons. The summed E-state index contributed by atoms with van der Waals surface area (Å²) in [6, 6.07) is 8.06. The summed E-state index contributed by atoms with van der Waals surface area (Å²) >= 11 is 0. The second-order valence-corrected chi connectivity index (χ2v) is 5.58. The third-order valence-corrected chi connectivity index (χ3v) is 4.12. The fourth-order valence-corrected chi connectivity index (χ4v) is 2.84. The first-order valence-electron chi connectivity index (χ1n) is 7.50. The number of hydrogen-bond donors (Lipinski definition) is 0. The minimum atomic E-state index is 0.170. The van der Waals surface area contributed by atoms with Gasteiger partial charge in [0.1, 0.15) is 0 Å². The van der Waals surface area contributed by atoms with Crippen molar-refractivity contribution in [3.8, 4) is 0 Å². The molecule has 0 aliphatic carbocycles. The van der Waals surface area contributed by atoms with Crippen LogP contribution in [0.25, 0.3) is 0 Å². The molecule has 3 heteroatoms. The second kappa shape index (κ2) is 6.69. The minimum Gasteiger partial charge on any atom is -0.343 e. The SMILES string of the molecule is CCCC(=O)c1ccc(C2CCN(C(C)=O)CC2)cc1. The fraction of sp³-hybridized carbons (Fsp3) is 0.529. The van der Waals surface area contributed by atoms with Gasteiger partial charge < -0.3 is 4.90 Å². The number of nitrogens with zero attached hydrogens (tertiary/aromatic N) is 1. The smallest absolute Gasteiger partial charge is 0.219 e. The van der Waals surface area contributed by atoms with Gasteiger partial charge in [-0.15, -0.1) is 0 Å². The molecular formula is C17H23NO2. The first kappa shape index (κ1) is 14.8. The third kappa shape index (κ3) is 3.47. The van der Waals surface area contributed by atoms with Crippen LogP contribution in [-0.2, 0) is 4.79 Å². The Bertz CT molecular complexity index is 470. The van der Waals surface area contributed by atoms with Crippen molar-refractivity contribution in [2.45, 2.75) is 45.4 Å². The van der Waals surface area contributed by atoms with Gasteiger partial charge in [0.05, 0.1) is 0 Å². The predicted molar refractivity (Wildman–Crippen MR) is 79.9 cm³/mol. The highest BCUT2D eigenvalue weighted by molar-refractivity contribution is 5.96. The highest BCUT2D eigenvalue weighted by atomic mass is 16.2. The Kier molecular flexibility index (Phi) is 4.94. The number of carbonyl (C=O) groups excluding carboxylic acids is 2. The molecule has 0 N–H and O–H groups in total. The Morgan fingerprint density at radius 2 is 1.75 bits per heavy atom. The van der Waals surface area contributed by atoms with E-state index in [9.17, 15) is 9.59 Å². The summed E-state index contributed by atoms with van der Waals surface area (Å²) in [5.74, 6) is 0.912. The lowest BCUT2D eigenvalue weighted by Gasteiger charge is -2.31. The normalized spacial score (nSPS) is 16.2. The molecule has 20 heavy (non-hydrogen) atoms. The first-order chi connectivity index (χ1) is 9.61. The van der Waals surface area contributed by atoms with Crippen molar-refractivity contribution in [1.29, 1.82) is 0 Å². The van der Waals surface area contributed by atoms with E-state index in [0.29, 0.717) is 12.3 Å². The molecule has 3 nitrogen and oxygen atoms in total. The Morgan fingerprint density at radius 1 is 1.15 bits per heavy atom. The summed E-state index contributed by atoms with van der Waals surface area (Å²) in [4.78, 5) is 25.0. The maximum Gasteiger partial charge on any atom is 0.219 e. The van der Waals surface area contributed by atoms with Gasteiger partial charge in [-0.25, -0.2) is 0 Å². The van der Waals surface area contributed by atoms with Crippen molar-refractivity contribution in [2.24, 2.45) is 0 Å². The average molecular weight is 273 g/mol. The summed E-state index contributed by atoms with van der Waals surface area (Å²) in [5.41, 5.74) is 2.11. The number of carbonyl (C=O) groups is 2. The van der Waals surface area contributed by atoms with Gasteiger partial charge in [-0.1, -0.05) is 31.2 Å². The van der Waals surface area contributed by atoms with Crippen LogP contribution in [0.5, 0.6) is 0 Å². The molecular weight excluding hydrogens is 250 g/mol. The monoisotopic (exact) mass is 273 g/mol. The van der Waals surface area contributed by atoms with Crippen LogP contribution in [0.1, 0.15) is 61.4 Å². The van der Waals surface area contributed by atoms with Gasteiger partial charge in [0, 0.05) is 32.0 Å². The van der Waals surface area contributed by atoms with Gasteiger partial charge in [0.2, 0.25) is 5.91 Å². The summed E-state index contributed by atoms with van der Waals surface area (Å²) in [7, 11) is 0. The molecule has 0 spiro atoms. The molecule has 0 aromatic heterocycles. The maximum atomic E-state index is 11.8. The summed E-state index contributed by atoms with van der Waals surface area (Å²) in [5, 5.41) is 0. The minimum absolute atomic E-state index is 0.170. The van der Waals surface area contributed by atoms with Crippen molar-refractivity contribution in [3.63, 3.8) is 0 Å². The highest BCUT2D eigenvalue weighted by Crippen LogP contribution is 2.28. The molecule has 0 bridgehead atoms. The van der Waals surface area contributed by atoms with Gasteiger partial charge in [0.15, 0.2) is 5.78 Å². The zero-order valence-electron chi connectivity index (χ0n) is 12.4. The Morgan fingerprint density at radius 3 is 2.25 bits per heavy atom. The molecule has 1 aliphatic rings. The number of piperidine rings is 1. The van der Waals surface area contributed by atoms with Gasteiger partial charge in [-0.05, 0) is 30.7 Å². The number of likely N-dealkylation sites (tertiary alicyclic amines) is 1. The largest absolute Gasteiger partial charge is 0.343 e. The molecule has 0 saturated carbocycles. The number of amides is 1. The molecule has 1 fully saturated rings. The van der Waals surface area contributed by atoms with Crippen LogP contribution in [0.2, 0.25) is 0 Å². The predicted octanol–water partition coefficient (Wildman–Crippen LogP) is 3.40. The van der Waals surface area contributed by atoms with Crippen molar-refractivity contribution in [1.82, 2.24) is 4.90 Å². The van der Waals surface area contributed by atoms with E-state index in [4.69, 9.17) is 0 Å². The number of benzene rings is 1. The lowest BCUT2D eigenvalue weighted by Crippen LogP contribution is -2.36. The van der Waals surface area contributed by atoms with Crippen LogP contribution in [0.15, 0.2) is 24.3 Å². The number of ketones is 1. The summed E-state index contributed by atoms with van der Waals surface area (Å²) < 4.78 is 0. The van der Waals surface area contributed by atoms with Gasteiger partial charge in [-0.2, -0.15) is 0 Å². The average Bonchev–Trinajstić information content (AvgIpc) is 2.48. The molecule has 1 heterocycles. The lowest BCUT2D eigenvalue weighted by molar-refractivity contribution is -0.129. The first-order valence-corrected chi connectivity index (χ1v) is 7.50. The topological polar surface area (TPSA) is 37.4 Å². The van der Waals surface area contributed by atoms with E-state index < -0.39 is 0 Å². The number of rotatable bonds is 4. The highest BCUT2D eigenvalue weighted by Gasteiger charge is 2.21. The third-order valence-electron chi connectivity index (χ3n) is 4.12. The van der Waals surface area contributed by atoms with Crippen molar-refractivity contribution in [2.75, 3.05) is 13.1 Å². The van der Waals surface area contributed by atoms with Gasteiger partial charge in [-0.3, -0.25) is 9.59 Å². The van der Waals surface area contributed by atoms with E-state index in [0.717, 1.165) is 37.9 Å². The molecule has 2 rings (SSSR count). The molecule has 0 unspecified atom stereocenters. The van der Waals surface area contributed by atoms with E-state index in [2.05, 4.69) is 12.1 Å². The zero-order valence-corrected chi connectivity index (χ0v) is 12.4. The zero-order chi connectivity index (χ0) is 14.5. The summed E-state index contributed by atoms with van der Waals surface area (Å²) in [6.07, 6.45) is 3.55. The number of hydrogen-bond acceptors (Lipinski definition) is 2. The fourth-order valence-electron chi connectivity index (χ4n) is 2.84. The Hall–Kier alpha value is -1.64. The number of Topliss-reactive ketones (excluding diaryl/α,β-unsaturated/α-hetero) is 1. The van der Waals surface area contributed by atoms with E-state index in [1.54, 1.807) is 6.92 Å². The second-order valence-electron chi connectivity index (χ2n) is 5.58. The van der Waals surface area contributed by atoms with E-state index in [-0.39, 0.29) is 11.7 Å². The van der Waals surface area contributed by atoms with Crippen LogP contribution < -0.4 is 0 Å². The van der Waals surface area contributed by atoms with E-state index in [1.807, 2.05) is 24.0 Å². The van der Waals surface area contributed by atoms with Gasteiger partial charge >= 0.3 is 0 Å². The molecule has 1 amide bonds. The van der Waals surface area contributed by atoms with Crippen LogP contribution in [0, 0.1) is 0 Å². The molecule has 1 aliphatic heterocycles. The van der Waals surface area contributed by atoms with Crippen molar-refractivity contribution >= 4 is 11.7 Å². The van der Waals surface area contributed by atoms with Crippen molar-refractivity contribution in [3.05, 3.63) is 35.4 Å². The van der Waals surface area contributed by atoms with Crippen molar-refractivity contribution < 1.29 is 9.59 Å². The Balaban J connectivity index is 1.97. The summed E-state index contributed by atoms with van der Waals surface area (Å²) in [6.45, 7) is 5.34. The maximum absolute atomic E-state index is 11.8. The molecule has 1 aromatic rings. The lowest BCUT2D eigenvalue weighted by atomic mass is 9.88. The molecule has 0 radical (unpaired) electrons. The van der Waals surface area contributed by atoms with E-state index >= 15 is 0 Å². The molecule has 1 saturated heterocycles. The Labute approximate surface area is 121 Å². The standard InChI is InChI=1S/C17H23NO2/c1-3-4-17(20)16-7-5-14(6-8-16)15-9-11-18(12-10-15)13(2)19/h5-8,15H,3-4,9-12H2,1-2H3. The molecule has 1 aromatic carbocycles. The van der Waals surface area contributed by atoms with Crippen LogP contribution in [0.4, 0.5) is 0 Å².